The van der Waals surface area contributed by atoms with Gasteiger partial charge in [0.05, 0.1) is 5.75 Å². The molecule has 0 bridgehead atoms. The monoisotopic (exact) mass is 368 g/mol. The third-order valence-electron chi connectivity index (χ3n) is 4.37. The van der Waals surface area contributed by atoms with Crippen LogP contribution in [-0.2, 0) is 15.0 Å². The molecule has 0 aliphatic carbocycles. The minimum Gasteiger partial charge on any atom is -0.326 e. The fraction of sp³-hybridized carbons (Fsp3) is 0.333. The standard InChI is InChI=1S/C21H24N2O2S/c1-14(24)22-17-7-5-6-15(12-17)20-23(19(25)13-26-20)18-10-8-16(9-11-18)21(2,3)4/h5-12,20H,13H2,1-4H3,(H,22,24)/t20-/m0/s1. The molecule has 2 aromatic rings. The zero-order valence-electron chi connectivity index (χ0n) is 15.6. The lowest BCUT2D eigenvalue weighted by atomic mass is 9.87. The summed E-state index contributed by atoms with van der Waals surface area (Å²) < 4.78 is 0. The normalized spacial score (nSPS) is 17.5. The highest BCUT2D eigenvalue weighted by molar-refractivity contribution is 8.00. The predicted octanol–water partition coefficient (Wildman–Crippen LogP) is 4.72. The van der Waals surface area contributed by atoms with Gasteiger partial charge in [-0.1, -0.05) is 45.0 Å². The fourth-order valence-corrected chi connectivity index (χ4v) is 4.21. The second-order valence-electron chi connectivity index (χ2n) is 7.53. The summed E-state index contributed by atoms with van der Waals surface area (Å²) in [4.78, 5) is 25.7. The number of nitrogens with zero attached hydrogens (tertiary/aromatic N) is 1. The van der Waals surface area contributed by atoms with E-state index in [1.807, 2.05) is 41.3 Å². The number of carbonyl (C=O) groups is 2. The van der Waals surface area contributed by atoms with Gasteiger partial charge in [-0.3, -0.25) is 14.5 Å². The van der Waals surface area contributed by atoms with Crippen LogP contribution in [0.3, 0.4) is 0 Å². The van der Waals surface area contributed by atoms with E-state index in [2.05, 4.69) is 38.2 Å². The second-order valence-corrected chi connectivity index (χ2v) is 8.60. The minimum absolute atomic E-state index is 0.0778. The number of nitrogens with one attached hydrogen (secondary N) is 1. The number of benzene rings is 2. The van der Waals surface area contributed by atoms with E-state index < -0.39 is 0 Å². The van der Waals surface area contributed by atoms with E-state index in [9.17, 15) is 9.59 Å². The van der Waals surface area contributed by atoms with E-state index in [4.69, 9.17) is 0 Å². The van der Waals surface area contributed by atoms with E-state index in [1.165, 1.54) is 12.5 Å². The van der Waals surface area contributed by atoms with Crippen LogP contribution in [-0.4, -0.2) is 17.6 Å². The Balaban J connectivity index is 1.91. The molecular weight excluding hydrogens is 344 g/mol. The van der Waals surface area contributed by atoms with Crippen molar-refractivity contribution in [2.45, 2.75) is 38.5 Å². The fourth-order valence-electron chi connectivity index (χ4n) is 3.05. The maximum Gasteiger partial charge on any atom is 0.238 e. The molecule has 3 rings (SSSR count). The summed E-state index contributed by atoms with van der Waals surface area (Å²) in [5.41, 5.74) is 3.98. The van der Waals surface area contributed by atoms with Gasteiger partial charge in [-0.15, -0.1) is 11.8 Å². The highest BCUT2D eigenvalue weighted by Gasteiger charge is 2.34. The number of rotatable bonds is 3. The first-order valence-electron chi connectivity index (χ1n) is 8.67. The van der Waals surface area contributed by atoms with Crippen molar-refractivity contribution in [1.29, 1.82) is 0 Å². The summed E-state index contributed by atoms with van der Waals surface area (Å²) >= 11 is 1.61. The van der Waals surface area contributed by atoms with Crippen molar-refractivity contribution in [2.75, 3.05) is 16.0 Å². The zero-order chi connectivity index (χ0) is 18.9. The van der Waals surface area contributed by atoms with Gasteiger partial charge in [-0.05, 0) is 40.8 Å². The first kappa shape index (κ1) is 18.5. The van der Waals surface area contributed by atoms with Crippen LogP contribution in [0.25, 0.3) is 0 Å². The number of thioether (sulfide) groups is 1. The third-order valence-corrected chi connectivity index (χ3v) is 5.58. The van der Waals surface area contributed by atoms with E-state index in [0.717, 1.165) is 16.9 Å². The summed E-state index contributed by atoms with van der Waals surface area (Å²) in [5.74, 6) is 0.455. The topological polar surface area (TPSA) is 49.4 Å². The van der Waals surface area contributed by atoms with Crippen LogP contribution in [0.4, 0.5) is 11.4 Å². The van der Waals surface area contributed by atoms with Crippen molar-refractivity contribution in [3.05, 3.63) is 59.7 Å². The molecule has 136 valence electrons. The molecular formula is C21H24N2O2S. The van der Waals surface area contributed by atoms with Gasteiger partial charge < -0.3 is 5.32 Å². The van der Waals surface area contributed by atoms with Crippen molar-refractivity contribution in [3.63, 3.8) is 0 Å². The molecule has 0 unspecified atom stereocenters. The predicted molar refractivity (Wildman–Crippen MR) is 109 cm³/mol. The molecule has 0 radical (unpaired) electrons. The number of hydrogen-bond donors (Lipinski definition) is 1. The average molecular weight is 369 g/mol. The van der Waals surface area contributed by atoms with Crippen LogP contribution in [0.5, 0.6) is 0 Å². The Kier molecular flexibility index (Phi) is 5.10. The molecule has 1 saturated heterocycles. The Labute approximate surface area is 159 Å². The molecule has 4 nitrogen and oxygen atoms in total. The summed E-state index contributed by atoms with van der Waals surface area (Å²) in [7, 11) is 0. The quantitative estimate of drug-likeness (QED) is 0.853. The summed E-state index contributed by atoms with van der Waals surface area (Å²) in [6.07, 6.45) is 0. The molecule has 2 aromatic carbocycles. The number of carbonyl (C=O) groups excluding carboxylic acids is 2. The van der Waals surface area contributed by atoms with Gasteiger partial charge in [-0.25, -0.2) is 0 Å². The molecule has 1 N–H and O–H groups in total. The van der Waals surface area contributed by atoms with Crippen LogP contribution in [0.15, 0.2) is 48.5 Å². The van der Waals surface area contributed by atoms with Crippen LogP contribution in [0, 0.1) is 0 Å². The lowest BCUT2D eigenvalue weighted by Crippen LogP contribution is -2.28. The van der Waals surface area contributed by atoms with Crippen LogP contribution >= 0.6 is 11.8 Å². The Morgan fingerprint density at radius 2 is 1.85 bits per heavy atom. The minimum atomic E-state index is -0.105. The highest BCUT2D eigenvalue weighted by Crippen LogP contribution is 2.42. The van der Waals surface area contributed by atoms with Crippen molar-refractivity contribution >= 4 is 35.0 Å². The van der Waals surface area contributed by atoms with Gasteiger partial charge in [0, 0.05) is 18.3 Å². The van der Waals surface area contributed by atoms with Crippen molar-refractivity contribution in [1.82, 2.24) is 0 Å². The number of anilines is 2. The Bertz CT molecular complexity index is 825. The van der Waals surface area contributed by atoms with Gasteiger partial charge in [-0.2, -0.15) is 0 Å². The molecule has 5 heteroatoms. The van der Waals surface area contributed by atoms with E-state index in [0.29, 0.717) is 5.75 Å². The van der Waals surface area contributed by atoms with Crippen LogP contribution < -0.4 is 10.2 Å². The molecule has 2 amide bonds. The van der Waals surface area contributed by atoms with Gasteiger partial charge in [0.2, 0.25) is 11.8 Å². The summed E-state index contributed by atoms with van der Waals surface area (Å²) in [5, 5.41) is 2.72. The zero-order valence-corrected chi connectivity index (χ0v) is 16.4. The average Bonchev–Trinajstić information content (AvgIpc) is 2.95. The smallest absolute Gasteiger partial charge is 0.238 e. The molecule has 1 aliphatic heterocycles. The Hall–Kier alpha value is -2.27. The SMILES string of the molecule is CC(=O)Nc1cccc([C@@H]2SCC(=O)N2c2ccc(C(C)(C)C)cc2)c1. The van der Waals surface area contributed by atoms with E-state index in [1.54, 1.807) is 11.8 Å². The summed E-state index contributed by atoms with van der Waals surface area (Å²) in [6, 6.07) is 15.9. The molecule has 0 saturated carbocycles. The Morgan fingerprint density at radius 1 is 1.15 bits per heavy atom. The summed E-state index contributed by atoms with van der Waals surface area (Å²) in [6.45, 7) is 8.02. The van der Waals surface area contributed by atoms with Crippen LogP contribution in [0.2, 0.25) is 0 Å². The van der Waals surface area contributed by atoms with Gasteiger partial charge in [0.1, 0.15) is 5.37 Å². The third kappa shape index (κ3) is 3.93. The maximum atomic E-state index is 12.5. The molecule has 1 atom stereocenters. The molecule has 1 aliphatic rings. The first-order chi connectivity index (χ1) is 12.3. The van der Waals surface area contributed by atoms with Crippen molar-refractivity contribution < 1.29 is 9.59 Å². The number of hydrogen-bond acceptors (Lipinski definition) is 3. The lowest BCUT2D eigenvalue weighted by molar-refractivity contribution is -0.116. The second kappa shape index (κ2) is 7.16. The van der Waals surface area contributed by atoms with Gasteiger partial charge >= 0.3 is 0 Å². The van der Waals surface area contributed by atoms with Gasteiger partial charge in [0.15, 0.2) is 0 Å². The van der Waals surface area contributed by atoms with E-state index in [-0.39, 0.29) is 22.6 Å². The van der Waals surface area contributed by atoms with Crippen molar-refractivity contribution in [2.24, 2.45) is 0 Å². The highest BCUT2D eigenvalue weighted by atomic mass is 32.2. The number of amides is 2. The Morgan fingerprint density at radius 3 is 2.46 bits per heavy atom. The molecule has 0 aromatic heterocycles. The molecule has 0 spiro atoms. The lowest BCUT2D eigenvalue weighted by Gasteiger charge is -2.26. The van der Waals surface area contributed by atoms with Crippen LogP contribution in [0.1, 0.15) is 44.2 Å². The largest absolute Gasteiger partial charge is 0.326 e. The molecule has 1 fully saturated rings. The first-order valence-corrected chi connectivity index (χ1v) is 9.72. The van der Waals surface area contributed by atoms with E-state index >= 15 is 0 Å². The maximum absolute atomic E-state index is 12.5. The molecule has 26 heavy (non-hydrogen) atoms. The molecule has 1 heterocycles. The van der Waals surface area contributed by atoms with Crippen molar-refractivity contribution in [3.8, 4) is 0 Å². The van der Waals surface area contributed by atoms with Gasteiger partial charge in [0.25, 0.3) is 0 Å².